The van der Waals surface area contributed by atoms with Crippen LogP contribution in [0.15, 0.2) is 0 Å². The van der Waals surface area contributed by atoms with Gasteiger partial charge in [-0.3, -0.25) is 0 Å². The molecule has 0 radical (unpaired) electrons. The summed E-state index contributed by atoms with van der Waals surface area (Å²) in [5, 5.41) is 0. The number of halogens is 3. The molecular formula is C12H18F3N. The molecule has 1 saturated carbocycles. The van der Waals surface area contributed by atoms with E-state index in [4.69, 9.17) is 5.73 Å². The molecule has 3 atom stereocenters. The molecule has 0 saturated heterocycles. The first kappa shape index (κ1) is 13.4. The van der Waals surface area contributed by atoms with Crippen molar-refractivity contribution in [2.24, 2.45) is 17.6 Å². The second kappa shape index (κ2) is 5.58. The summed E-state index contributed by atoms with van der Waals surface area (Å²) < 4.78 is 38.3. The van der Waals surface area contributed by atoms with Crippen LogP contribution in [0, 0.1) is 23.7 Å². The predicted octanol–water partition coefficient (Wildman–Crippen LogP) is 3.10. The molecule has 0 heterocycles. The molecule has 1 rings (SSSR count). The number of alkyl halides is 3. The number of nitrogens with two attached hydrogens (primary N) is 1. The maximum absolute atomic E-state index is 12.8. The smallest absolute Gasteiger partial charge is 0.327 e. The average molecular weight is 233 g/mol. The fourth-order valence-electron chi connectivity index (χ4n) is 2.45. The van der Waals surface area contributed by atoms with E-state index >= 15 is 0 Å². The van der Waals surface area contributed by atoms with Gasteiger partial charge in [0.25, 0.3) is 0 Å². The molecular weight excluding hydrogens is 215 g/mol. The van der Waals surface area contributed by atoms with Crippen molar-refractivity contribution >= 4 is 0 Å². The zero-order valence-corrected chi connectivity index (χ0v) is 9.48. The van der Waals surface area contributed by atoms with Gasteiger partial charge in [0.1, 0.15) is 0 Å². The van der Waals surface area contributed by atoms with Crippen molar-refractivity contribution in [2.45, 2.75) is 51.2 Å². The molecule has 1 aliphatic rings. The Kier molecular flexibility index (Phi) is 4.67. The second-order valence-corrected chi connectivity index (χ2v) is 4.39. The van der Waals surface area contributed by atoms with Crippen LogP contribution in [0.5, 0.6) is 0 Å². The van der Waals surface area contributed by atoms with Gasteiger partial charge in [-0.15, -0.1) is 11.8 Å². The highest BCUT2D eigenvalue weighted by Gasteiger charge is 2.46. The van der Waals surface area contributed by atoms with Crippen LogP contribution in [0.2, 0.25) is 0 Å². The van der Waals surface area contributed by atoms with E-state index in [1.807, 2.05) is 0 Å². The lowest BCUT2D eigenvalue weighted by Crippen LogP contribution is -2.43. The predicted molar refractivity (Wildman–Crippen MR) is 57.5 cm³/mol. The minimum atomic E-state index is -4.11. The van der Waals surface area contributed by atoms with Gasteiger partial charge in [0.2, 0.25) is 0 Å². The maximum Gasteiger partial charge on any atom is 0.392 e. The van der Waals surface area contributed by atoms with Crippen LogP contribution in [-0.2, 0) is 0 Å². The summed E-state index contributed by atoms with van der Waals surface area (Å²) in [5.74, 6) is 3.78. The second-order valence-electron chi connectivity index (χ2n) is 4.39. The van der Waals surface area contributed by atoms with Crippen molar-refractivity contribution in [2.75, 3.05) is 0 Å². The first-order chi connectivity index (χ1) is 7.46. The molecule has 16 heavy (non-hydrogen) atoms. The lowest BCUT2D eigenvalue weighted by molar-refractivity contribution is -0.198. The van der Waals surface area contributed by atoms with Crippen LogP contribution in [0.1, 0.15) is 39.0 Å². The van der Waals surface area contributed by atoms with Crippen molar-refractivity contribution in [1.82, 2.24) is 0 Å². The van der Waals surface area contributed by atoms with Crippen molar-refractivity contribution in [3.8, 4) is 11.8 Å². The normalized spacial score (nSPS) is 28.1. The molecule has 0 amide bonds. The summed E-state index contributed by atoms with van der Waals surface area (Å²) in [7, 11) is 0. The van der Waals surface area contributed by atoms with E-state index in [9.17, 15) is 13.2 Å². The third-order valence-electron chi connectivity index (χ3n) is 3.30. The molecule has 0 aromatic rings. The van der Waals surface area contributed by atoms with E-state index in [0.29, 0.717) is 19.3 Å². The highest BCUT2D eigenvalue weighted by atomic mass is 19.4. The van der Waals surface area contributed by atoms with E-state index in [1.54, 1.807) is 6.92 Å². The molecule has 1 aliphatic carbocycles. The Bertz CT molecular complexity index is 274. The molecule has 0 aliphatic heterocycles. The number of rotatable bonds is 2. The lowest BCUT2D eigenvalue weighted by atomic mass is 9.74. The van der Waals surface area contributed by atoms with Gasteiger partial charge in [-0.25, -0.2) is 0 Å². The van der Waals surface area contributed by atoms with Gasteiger partial charge < -0.3 is 5.73 Å². The Morgan fingerprint density at radius 3 is 2.50 bits per heavy atom. The average Bonchev–Trinajstić information content (AvgIpc) is 2.24. The number of hydrogen-bond donors (Lipinski definition) is 1. The molecule has 1 fully saturated rings. The van der Waals surface area contributed by atoms with Gasteiger partial charge in [0.15, 0.2) is 0 Å². The SMILES string of the molecule is CC#CCC(N)C1CCCCC1C(F)(F)F. The van der Waals surface area contributed by atoms with Gasteiger partial charge in [-0.05, 0) is 25.7 Å². The summed E-state index contributed by atoms with van der Waals surface area (Å²) in [4.78, 5) is 0. The fourth-order valence-corrected chi connectivity index (χ4v) is 2.45. The highest BCUT2D eigenvalue weighted by molar-refractivity contribution is 5.00. The molecule has 0 aromatic heterocycles. The molecule has 92 valence electrons. The molecule has 3 unspecified atom stereocenters. The molecule has 0 spiro atoms. The van der Waals surface area contributed by atoms with Crippen LogP contribution in [-0.4, -0.2) is 12.2 Å². The standard InChI is InChI=1S/C12H18F3N/c1-2-3-8-11(16)9-6-4-5-7-10(9)12(13,14)15/h9-11H,4-8,16H2,1H3. The summed E-state index contributed by atoms with van der Waals surface area (Å²) in [5.41, 5.74) is 5.82. The van der Waals surface area contributed by atoms with Crippen LogP contribution >= 0.6 is 0 Å². The quantitative estimate of drug-likeness (QED) is 0.729. The Labute approximate surface area is 94.6 Å². The summed E-state index contributed by atoms with van der Waals surface area (Å²) in [6, 6.07) is -0.445. The van der Waals surface area contributed by atoms with Gasteiger partial charge in [-0.2, -0.15) is 13.2 Å². The molecule has 2 N–H and O–H groups in total. The maximum atomic E-state index is 12.8. The van der Waals surface area contributed by atoms with E-state index in [0.717, 1.165) is 6.42 Å². The Morgan fingerprint density at radius 1 is 1.31 bits per heavy atom. The van der Waals surface area contributed by atoms with Crippen LogP contribution in [0.3, 0.4) is 0 Å². The summed E-state index contributed by atoms with van der Waals surface area (Å²) in [6.45, 7) is 1.68. The zero-order chi connectivity index (χ0) is 12.2. The fraction of sp³-hybridized carbons (Fsp3) is 0.833. The lowest BCUT2D eigenvalue weighted by Gasteiger charge is -2.36. The van der Waals surface area contributed by atoms with Crippen molar-refractivity contribution in [3.05, 3.63) is 0 Å². The van der Waals surface area contributed by atoms with Crippen molar-refractivity contribution < 1.29 is 13.2 Å². The van der Waals surface area contributed by atoms with Crippen LogP contribution in [0.25, 0.3) is 0 Å². The largest absolute Gasteiger partial charge is 0.392 e. The van der Waals surface area contributed by atoms with Crippen LogP contribution in [0.4, 0.5) is 13.2 Å². The van der Waals surface area contributed by atoms with E-state index in [2.05, 4.69) is 11.8 Å². The molecule has 1 nitrogen and oxygen atoms in total. The molecule has 4 heteroatoms. The molecule has 0 aromatic carbocycles. The van der Waals surface area contributed by atoms with Gasteiger partial charge in [0, 0.05) is 12.5 Å². The van der Waals surface area contributed by atoms with Crippen LogP contribution < -0.4 is 5.73 Å². The summed E-state index contributed by atoms with van der Waals surface area (Å²) in [6.07, 6.45) is -1.42. The Hall–Kier alpha value is -0.690. The minimum absolute atomic E-state index is 0.224. The third kappa shape index (κ3) is 3.41. The Morgan fingerprint density at radius 2 is 1.94 bits per heavy atom. The van der Waals surface area contributed by atoms with E-state index in [1.165, 1.54) is 0 Å². The minimum Gasteiger partial charge on any atom is -0.327 e. The third-order valence-corrected chi connectivity index (χ3v) is 3.30. The summed E-state index contributed by atoms with van der Waals surface area (Å²) >= 11 is 0. The van der Waals surface area contributed by atoms with Gasteiger partial charge in [0.05, 0.1) is 5.92 Å². The number of hydrogen-bond acceptors (Lipinski definition) is 1. The van der Waals surface area contributed by atoms with E-state index in [-0.39, 0.29) is 6.42 Å². The van der Waals surface area contributed by atoms with Crippen molar-refractivity contribution in [3.63, 3.8) is 0 Å². The van der Waals surface area contributed by atoms with Gasteiger partial charge in [-0.1, -0.05) is 12.8 Å². The zero-order valence-electron chi connectivity index (χ0n) is 9.48. The first-order valence-corrected chi connectivity index (χ1v) is 5.68. The first-order valence-electron chi connectivity index (χ1n) is 5.68. The van der Waals surface area contributed by atoms with E-state index < -0.39 is 24.1 Å². The topological polar surface area (TPSA) is 26.0 Å². The van der Waals surface area contributed by atoms with Crippen molar-refractivity contribution in [1.29, 1.82) is 0 Å². The highest BCUT2D eigenvalue weighted by Crippen LogP contribution is 2.42. The van der Waals surface area contributed by atoms with Gasteiger partial charge >= 0.3 is 6.18 Å². The molecule has 0 bridgehead atoms. The monoisotopic (exact) mass is 233 g/mol. The Balaban J connectivity index is 2.68.